The molecule has 0 aliphatic carbocycles. The van der Waals surface area contributed by atoms with Crippen LogP contribution in [0.25, 0.3) is 0 Å². The number of ether oxygens (including phenoxy) is 2. The Bertz CT molecular complexity index is 1760. The number of hydrogen-bond donors (Lipinski definition) is 1. The molecule has 9 nitrogen and oxygen atoms in total. The molecule has 248 valence electrons. The third kappa shape index (κ3) is 5.21. The minimum atomic E-state index is -1.47. The molecule has 2 fully saturated rings. The predicted molar refractivity (Wildman–Crippen MR) is 183 cm³/mol. The lowest BCUT2D eigenvalue weighted by Crippen LogP contribution is -2.59. The summed E-state index contributed by atoms with van der Waals surface area (Å²) < 4.78 is 12.6. The van der Waals surface area contributed by atoms with Crippen LogP contribution in [-0.2, 0) is 25.5 Å². The molecule has 6 atom stereocenters. The maximum absolute atomic E-state index is 15.0. The molecule has 0 saturated carbocycles. The summed E-state index contributed by atoms with van der Waals surface area (Å²) in [5.74, 6) is -2.30. The highest BCUT2D eigenvalue weighted by atomic mass is 35.5. The number of fused-ring (bicyclic) bond motifs is 2. The Morgan fingerprint density at radius 2 is 1.48 bits per heavy atom. The van der Waals surface area contributed by atoms with Crippen molar-refractivity contribution in [3.8, 4) is 5.75 Å². The molecule has 4 aliphatic rings. The summed E-state index contributed by atoms with van der Waals surface area (Å²) in [5.41, 5.74) is -0.476. The van der Waals surface area contributed by atoms with E-state index in [0.29, 0.717) is 35.2 Å². The van der Waals surface area contributed by atoms with Crippen LogP contribution in [0, 0.1) is 11.8 Å². The molecule has 0 radical (unpaired) electrons. The number of aliphatic hydroxyl groups excluding tert-OH is 1. The summed E-state index contributed by atoms with van der Waals surface area (Å²) in [4.78, 5) is 49.4. The van der Waals surface area contributed by atoms with Gasteiger partial charge in [-0.2, -0.15) is 0 Å². The summed E-state index contributed by atoms with van der Waals surface area (Å²) in [6, 6.07) is 21.9. The number of likely N-dealkylation sites (tertiary alicyclic amines) is 1. The average molecular weight is 668 g/mol. The zero-order chi connectivity index (χ0) is 33.6. The molecule has 2 saturated heterocycles. The van der Waals surface area contributed by atoms with Gasteiger partial charge >= 0.3 is 0 Å². The van der Waals surface area contributed by atoms with Gasteiger partial charge in [0.1, 0.15) is 17.4 Å². The minimum absolute atomic E-state index is 0.225. The first-order chi connectivity index (χ1) is 23.2. The van der Waals surface area contributed by atoms with Crippen molar-refractivity contribution in [2.24, 2.45) is 11.8 Å². The number of rotatable bonds is 8. The van der Waals surface area contributed by atoms with E-state index in [1.807, 2.05) is 92.7 Å². The number of nitrogens with zero attached hydrogens (tertiary/aromatic N) is 3. The summed E-state index contributed by atoms with van der Waals surface area (Å²) in [7, 11) is 0. The van der Waals surface area contributed by atoms with E-state index in [0.717, 1.165) is 5.56 Å². The summed E-state index contributed by atoms with van der Waals surface area (Å²) in [6.07, 6.45) is 7.72. The molecular formula is C38H38ClN3O6. The van der Waals surface area contributed by atoms with Crippen molar-refractivity contribution < 1.29 is 29.0 Å². The molecule has 3 amide bonds. The van der Waals surface area contributed by atoms with Crippen LogP contribution in [0.4, 0.5) is 11.4 Å². The van der Waals surface area contributed by atoms with Crippen molar-refractivity contribution in [2.75, 3.05) is 36.1 Å². The van der Waals surface area contributed by atoms with E-state index in [1.54, 1.807) is 34.1 Å². The van der Waals surface area contributed by atoms with Crippen LogP contribution in [0.15, 0.2) is 103 Å². The van der Waals surface area contributed by atoms with Gasteiger partial charge in [0.25, 0.3) is 5.91 Å². The zero-order valence-corrected chi connectivity index (χ0v) is 27.6. The second kappa shape index (κ2) is 12.5. The van der Waals surface area contributed by atoms with Crippen LogP contribution >= 0.6 is 11.6 Å². The van der Waals surface area contributed by atoms with E-state index >= 15 is 4.79 Å². The Morgan fingerprint density at radius 1 is 0.854 bits per heavy atom. The van der Waals surface area contributed by atoms with E-state index in [1.165, 1.54) is 4.90 Å². The molecule has 1 spiro atoms. The molecule has 10 heteroatoms. The van der Waals surface area contributed by atoms with Crippen LogP contribution in [0.1, 0.15) is 19.4 Å². The summed E-state index contributed by atoms with van der Waals surface area (Å²) in [6.45, 7) is 4.38. The molecule has 3 aromatic carbocycles. The summed E-state index contributed by atoms with van der Waals surface area (Å²) in [5, 5.41) is 11.4. The van der Waals surface area contributed by atoms with Gasteiger partial charge in [0, 0.05) is 29.5 Å². The lowest BCUT2D eigenvalue weighted by molar-refractivity contribution is -0.147. The van der Waals surface area contributed by atoms with Crippen molar-refractivity contribution in [3.63, 3.8) is 0 Å². The molecule has 7 rings (SSSR count). The van der Waals surface area contributed by atoms with Crippen LogP contribution in [0.2, 0.25) is 5.02 Å². The Labute approximate surface area is 285 Å². The number of carbonyl (C=O) groups excluding carboxylic acids is 3. The molecule has 0 aromatic heterocycles. The van der Waals surface area contributed by atoms with E-state index in [9.17, 15) is 14.7 Å². The molecule has 1 unspecified atom stereocenters. The highest BCUT2D eigenvalue weighted by Crippen LogP contribution is 2.58. The number of hydrogen-bond acceptors (Lipinski definition) is 6. The molecule has 4 aliphatic heterocycles. The first-order valence-corrected chi connectivity index (χ1v) is 16.7. The maximum atomic E-state index is 15.0. The fourth-order valence-corrected chi connectivity index (χ4v) is 8.09. The van der Waals surface area contributed by atoms with Crippen molar-refractivity contribution in [2.45, 2.75) is 43.6 Å². The highest BCUT2D eigenvalue weighted by molar-refractivity contribution is 6.30. The fourth-order valence-electron chi connectivity index (χ4n) is 7.97. The van der Waals surface area contributed by atoms with Gasteiger partial charge < -0.3 is 29.3 Å². The average Bonchev–Trinajstić information content (AvgIpc) is 3.36. The molecule has 48 heavy (non-hydrogen) atoms. The van der Waals surface area contributed by atoms with Crippen LogP contribution in [-0.4, -0.2) is 77.3 Å². The molecule has 4 heterocycles. The van der Waals surface area contributed by atoms with Crippen LogP contribution < -0.4 is 14.5 Å². The first-order valence-electron chi connectivity index (χ1n) is 16.3. The van der Waals surface area contributed by atoms with E-state index in [2.05, 4.69) is 0 Å². The first kappa shape index (κ1) is 32.1. The van der Waals surface area contributed by atoms with Crippen molar-refractivity contribution >= 4 is 40.7 Å². The van der Waals surface area contributed by atoms with Gasteiger partial charge in [-0.25, -0.2) is 0 Å². The Morgan fingerprint density at radius 3 is 2.12 bits per heavy atom. The Hall–Kier alpha value is -4.44. The lowest BCUT2D eigenvalue weighted by atomic mass is 9.74. The van der Waals surface area contributed by atoms with Crippen LogP contribution in [0.3, 0.4) is 0 Å². The van der Waals surface area contributed by atoms with E-state index in [4.69, 9.17) is 21.1 Å². The topological polar surface area (TPSA) is 99.6 Å². The minimum Gasteiger partial charge on any atom is -0.494 e. The number of carbonyl (C=O) groups is 3. The third-order valence-corrected chi connectivity index (χ3v) is 10.3. The number of benzene rings is 3. The second-order valence-electron chi connectivity index (χ2n) is 12.9. The maximum Gasteiger partial charge on any atom is 0.253 e. The molecule has 3 aromatic rings. The smallest absolute Gasteiger partial charge is 0.253 e. The number of halogens is 1. The van der Waals surface area contributed by atoms with E-state index < -0.39 is 41.0 Å². The SMILES string of the molecule is CCOc1ccc(N2CC=C[C@@]3(C)O[C@]45C=CCN(c6ccc(Cl)cc6)C(=O)C4N([C@@H](CO)Cc4ccccc4)C(=O)[C@@H]5[C@H]3C2=O)cc1. The molecule has 1 N–H and O–H groups in total. The monoisotopic (exact) mass is 667 g/mol. The van der Waals surface area contributed by atoms with Gasteiger partial charge in [-0.05, 0) is 74.4 Å². The zero-order valence-electron chi connectivity index (χ0n) is 26.9. The standard InChI is InChI=1S/C38H38ClN3O6/c1-3-47-30-17-15-28(16-18-30)40-21-7-19-37(2)31(34(40)44)32-35(45)42(29(24-43)23-25-9-5-4-6-10-25)33-36(46)41(22-8-20-38(32,33)48-37)27-13-11-26(39)12-14-27/h4-20,29,31-33,43H,3,21-24H2,1-2H3/t29-,31+,32+,33?,37-,38+/m1/s1. The Kier molecular flexibility index (Phi) is 8.39. The number of anilines is 2. The number of aliphatic hydroxyl groups is 1. The van der Waals surface area contributed by atoms with Gasteiger partial charge in [0.05, 0.1) is 36.7 Å². The van der Waals surface area contributed by atoms with Gasteiger partial charge in [0.15, 0.2) is 0 Å². The van der Waals surface area contributed by atoms with Gasteiger partial charge in [-0.3, -0.25) is 14.4 Å². The molecule has 0 bridgehead atoms. The summed E-state index contributed by atoms with van der Waals surface area (Å²) >= 11 is 6.18. The van der Waals surface area contributed by atoms with Crippen LogP contribution in [0.5, 0.6) is 5.75 Å². The third-order valence-electron chi connectivity index (χ3n) is 10.0. The second-order valence-corrected chi connectivity index (χ2v) is 13.3. The van der Waals surface area contributed by atoms with Crippen molar-refractivity contribution in [3.05, 3.63) is 114 Å². The normalized spacial score (nSPS) is 28.5. The van der Waals surface area contributed by atoms with Crippen molar-refractivity contribution in [1.29, 1.82) is 0 Å². The highest BCUT2D eigenvalue weighted by Gasteiger charge is 2.75. The fraction of sp³-hybridized carbons (Fsp3) is 0.342. The Balaban J connectivity index is 1.34. The quantitative estimate of drug-likeness (QED) is 0.346. The van der Waals surface area contributed by atoms with Gasteiger partial charge in [0.2, 0.25) is 11.8 Å². The molecular weight excluding hydrogens is 630 g/mol. The largest absolute Gasteiger partial charge is 0.494 e. The van der Waals surface area contributed by atoms with Crippen molar-refractivity contribution in [1.82, 2.24) is 4.90 Å². The van der Waals surface area contributed by atoms with E-state index in [-0.39, 0.29) is 31.5 Å². The van der Waals surface area contributed by atoms with Gasteiger partial charge in [-0.1, -0.05) is 66.2 Å². The predicted octanol–water partition coefficient (Wildman–Crippen LogP) is 4.82. The van der Waals surface area contributed by atoms with Gasteiger partial charge in [-0.15, -0.1) is 0 Å². The number of amides is 3. The lowest BCUT2D eigenvalue weighted by Gasteiger charge is -2.40.